The van der Waals surface area contributed by atoms with E-state index in [1.807, 2.05) is 6.92 Å². The highest BCUT2D eigenvalue weighted by atomic mass is 16.1. The zero-order chi connectivity index (χ0) is 11.2. The Balaban J connectivity index is 3.77. The molecule has 0 heterocycles. The predicted octanol–water partition coefficient (Wildman–Crippen LogP) is 2.91. The first-order chi connectivity index (χ1) is 6.37. The molecule has 1 N–H and O–H groups in total. The van der Waals surface area contributed by atoms with Crippen molar-refractivity contribution in [2.45, 2.75) is 71.9 Å². The van der Waals surface area contributed by atoms with E-state index in [-0.39, 0.29) is 11.6 Å². The van der Waals surface area contributed by atoms with Crippen molar-refractivity contribution in [2.75, 3.05) is 0 Å². The normalized spacial score (nSPS) is 14.1. The summed E-state index contributed by atoms with van der Waals surface area (Å²) in [7, 11) is 0. The third kappa shape index (κ3) is 7.07. The van der Waals surface area contributed by atoms with Crippen LogP contribution in [0.3, 0.4) is 0 Å². The molecule has 0 bridgehead atoms. The van der Waals surface area contributed by atoms with Crippen LogP contribution in [-0.2, 0) is 4.79 Å². The molecule has 0 aromatic carbocycles. The minimum Gasteiger partial charge on any atom is -0.303 e. The summed E-state index contributed by atoms with van der Waals surface area (Å²) in [6.45, 7) is 10.4. The van der Waals surface area contributed by atoms with Crippen LogP contribution in [0.2, 0.25) is 0 Å². The van der Waals surface area contributed by atoms with Gasteiger partial charge in [0, 0.05) is 12.0 Å². The molecular formula is C12H25NO. The molecule has 0 fully saturated rings. The summed E-state index contributed by atoms with van der Waals surface area (Å²) in [5.74, 6) is 0.341. The van der Waals surface area contributed by atoms with Gasteiger partial charge in [0.1, 0.15) is 5.78 Å². The summed E-state index contributed by atoms with van der Waals surface area (Å²) in [6.07, 6.45) is 4.09. The van der Waals surface area contributed by atoms with Crippen molar-refractivity contribution < 1.29 is 4.79 Å². The lowest BCUT2D eigenvalue weighted by Crippen LogP contribution is -2.46. The van der Waals surface area contributed by atoms with Gasteiger partial charge in [0.15, 0.2) is 0 Å². The van der Waals surface area contributed by atoms with Gasteiger partial charge in [-0.2, -0.15) is 0 Å². The summed E-state index contributed by atoms with van der Waals surface area (Å²) < 4.78 is 0. The Kier molecular flexibility index (Phi) is 6.01. The number of carbonyl (C=O) groups excluding carboxylic acids is 1. The molecule has 0 saturated heterocycles. The number of nitrogens with one attached hydrogen (secondary N) is 1. The van der Waals surface area contributed by atoms with Crippen LogP contribution in [0, 0.1) is 0 Å². The lowest BCUT2D eigenvalue weighted by Gasteiger charge is -2.25. The van der Waals surface area contributed by atoms with E-state index >= 15 is 0 Å². The monoisotopic (exact) mass is 199 g/mol. The molecule has 0 aliphatic rings. The summed E-state index contributed by atoms with van der Waals surface area (Å²) in [4.78, 5) is 11.6. The maximum Gasteiger partial charge on any atom is 0.149 e. The van der Waals surface area contributed by atoms with Gasteiger partial charge in [0.05, 0.1) is 6.04 Å². The molecule has 0 aliphatic carbocycles. The molecule has 0 amide bonds. The van der Waals surface area contributed by atoms with Gasteiger partial charge in [-0.15, -0.1) is 0 Å². The van der Waals surface area contributed by atoms with Crippen LogP contribution >= 0.6 is 0 Å². The Morgan fingerprint density at radius 1 is 1.29 bits per heavy atom. The van der Waals surface area contributed by atoms with E-state index in [9.17, 15) is 4.79 Å². The van der Waals surface area contributed by atoms with Crippen molar-refractivity contribution in [3.63, 3.8) is 0 Å². The highest BCUT2D eigenvalue weighted by Crippen LogP contribution is 2.06. The van der Waals surface area contributed by atoms with Crippen molar-refractivity contribution >= 4 is 5.78 Å². The largest absolute Gasteiger partial charge is 0.303 e. The molecule has 84 valence electrons. The van der Waals surface area contributed by atoms with Crippen molar-refractivity contribution in [1.82, 2.24) is 5.32 Å². The molecule has 0 spiro atoms. The molecule has 0 saturated carbocycles. The fourth-order valence-corrected chi connectivity index (χ4v) is 1.50. The smallest absolute Gasteiger partial charge is 0.149 e. The minimum atomic E-state index is -0.00754. The van der Waals surface area contributed by atoms with Crippen molar-refractivity contribution in [3.05, 3.63) is 0 Å². The maximum atomic E-state index is 11.6. The molecule has 0 aromatic heterocycles. The van der Waals surface area contributed by atoms with Gasteiger partial charge in [-0.25, -0.2) is 0 Å². The van der Waals surface area contributed by atoms with Gasteiger partial charge in [0.2, 0.25) is 0 Å². The van der Waals surface area contributed by atoms with Crippen molar-refractivity contribution in [2.24, 2.45) is 0 Å². The van der Waals surface area contributed by atoms with Crippen molar-refractivity contribution in [3.8, 4) is 0 Å². The predicted molar refractivity (Wildman–Crippen MR) is 61.5 cm³/mol. The number of hydrogen-bond donors (Lipinski definition) is 1. The second kappa shape index (κ2) is 6.18. The first-order valence-corrected chi connectivity index (χ1v) is 5.67. The first kappa shape index (κ1) is 13.6. The molecule has 0 radical (unpaired) electrons. The third-order valence-electron chi connectivity index (χ3n) is 2.16. The lowest BCUT2D eigenvalue weighted by atomic mass is 10.0. The van der Waals surface area contributed by atoms with Crippen LogP contribution in [0.1, 0.15) is 60.3 Å². The number of carbonyl (C=O) groups is 1. The number of rotatable bonds is 6. The van der Waals surface area contributed by atoms with Crippen LogP contribution in [0.5, 0.6) is 0 Å². The number of unbranched alkanes of at least 4 members (excludes halogenated alkanes) is 2. The Hall–Kier alpha value is -0.370. The van der Waals surface area contributed by atoms with Crippen LogP contribution in [0.4, 0.5) is 0 Å². The van der Waals surface area contributed by atoms with E-state index in [2.05, 4.69) is 33.0 Å². The number of Topliss-reactive ketones (excluding diaryl/α,β-unsaturated/α-hetero) is 1. The summed E-state index contributed by atoms with van der Waals surface area (Å²) in [6, 6.07) is -0.00754. The van der Waals surface area contributed by atoms with Crippen LogP contribution in [0.15, 0.2) is 0 Å². The first-order valence-electron chi connectivity index (χ1n) is 5.67. The van der Waals surface area contributed by atoms with E-state index in [1.165, 1.54) is 6.42 Å². The number of ketones is 1. The quantitative estimate of drug-likeness (QED) is 0.666. The van der Waals surface area contributed by atoms with E-state index in [0.29, 0.717) is 5.78 Å². The van der Waals surface area contributed by atoms with E-state index < -0.39 is 0 Å². The zero-order valence-electron chi connectivity index (χ0n) is 10.3. The van der Waals surface area contributed by atoms with Gasteiger partial charge in [-0.1, -0.05) is 19.8 Å². The van der Waals surface area contributed by atoms with E-state index in [4.69, 9.17) is 0 Å². The Morgan fingerprint density at radius 3 is 2.29 bits per heavy atom. The SMILES string of the molecule is CCCCCC(=O)[C@H](C)NC(C)(C)C. The van der Waals surface area contributed by atoms with Gasteiger partial charge < -0.3 is 5.32 Å². The molecule has 2 heteroatoms. The summed E-state index contributed by atoms with van der Waals surface area (Å²) >= 11 is 0. The topological polar surface area (TPSA) is 29.1 Å². The lowest BCUT2D eigenvalue weighted by molar-refractivity contribution is -0.121. The standard InChI is InChI=1S/C12H25NO/c1-6-7-8-9-11(14)10(2)13-12(3,4)5/h10,13H,6-9H2,1-5H3/t10-/m0/s1. The van der Waals surface area contributed by atoms with Crippen LogP contribution in [0.25, 0.3) is 0 Å². The van der Waals surface area contributed by atoms with Crippen molar-refractivity contribution in [1.29, 1.82) is 0 Å². The van der Waals surface area contributed by atoms with Crippen LogP contribution in [-0.4, -0.2) is 17.4 Å². The second-order valence-corrected chi connectivity index (χ2v) is 5.04. The van der Waals surface area contributed by atoms with Crippen LogP contribution < -0.4 is 5.32 Å². The third-order valence-corrected chi connectivity index (χ3v) is 2.16. The van der Waals surface area contributed by atoms with E-state index in [0.717, 1.165) is 19.3 Å². The molecule has 0 unspecified atom stereocenters. The maximum absolute atomic E-state index is 11.6. The second-order valence-electron chi connectivity index (χ2n) is 5.04. The fraction of sp³-hybridized carbons (Fsp3) is 0.917. The Morgan fingerprint density at radius 2 is 1.86 bits per heavy atom. The average molecular weight is 199 g/mol. The van der Waals surface area contributed by atoms with Gasteiger partial charge in [-0.3, -0.25) is 4.79 Å². The van der Waals surface area contributed by atoms with E-state index in [1.54, 1.807) is 0 Å². The zero-order valence-corrected chi connectivity index (χ0v) is 10.3. The molecule has 1 atom stereocenters. The highest BCUT2D eigenvalue weighted by Gasteiger charge is 2.18. The minimum absolute atomic E-state index is 0.00754. The Labute approximate surface area is 88.5 Å². The number of hydrogen-bond acceptors (Lipinski definition) is 2. The molecule has 0 aromatic rings. The molecule has 14 heavy (non-hydrogen) atoms. The Bertz CT molecular complexity index is 170. The summed E-state index contributed by atoms with van der Waals surface area (Å²) in [5.41, 5.74) is 0.0276. The average Bonchev–Trinajstić information content (AvgIpc) is 2.01. The molecule has 0 aliphatic heterocycles. The fourth-order valence-electron chi connectivity index (χ4n) is 1.50. The highest BCUT2D eigenvalue weighted by molar-refractivity contribution is 5.83. The van der Waals surface area contributed by atoms with Gasteiger partial charge in [0.25, 0.3) is 0 Å². The van der Waals surface area contributed by atoms with Gasteiger partial charge in [-0.05, 0) is 34.1 Å². The molecule has 0 rings (SSSR count). The van der Waals surface area contributed by atoms with Gasteiger partial charge >= 0.3 is 0 Å². The summed E-state index contributed by atoms with van der Waals surface area (Å²) in [5, 5.41) is 3.30. The molecule has 2 nitrogen and oxygen atoms in total. The molecular weight excluding hydrogens is 174 g/mol.